The largest absolute Gasteiger partial charge is 0.488 e. The number of hydrogen-bond donors (Lipinski definition) is 2. The van der Waals surface area contributed by atoms with Crippen molar-refractivity contribution in [2.75, 3.05) is 0 Å². The van der Waals surface area contributed by atoms with E-state index in [-0.39, 0.29) is 13.0 Å². The van der Waals surface area contributed by atoms with Crippen molar-refractivity contribution in [2.45, 2.75) is 33.4 Å². The van der Waals surface area contributed by atoms with E-state index in [0.717, 1.165) is 55.7 Å². The number of carbonyl (C=O) groups is 1. The van der Waals surface area contributed by atoms with Crippen molar-refractivity contribution in [3.05, 3.63) is 95.0 Å². The van der Waals surface area contributed by atoms with E-state index in [1.807, 2.05) is 42.9 Å². The van der Waals surface area contributed by atoms with Crippen molar-refractivity contribution < 1.29 is 19.1 Å². The summed E-state index contributed by atoms with van der Waals surface area (Å²) >= 11 is 0. The molecule has 0 saturated carbocycles. The third kappa shape index (κ3) is 4.73. The Labute approximate surface area is 215 Å². The second-order valence-corrected chi connectivity index (χ2v) is 9.20. The number of aliphatic carboxylic acids is 1. The Hall–Kier alpha value is -4.36. The highest BCUT2D eigenvalue weighted by molar-refractivity contribution is 5.99. The maximum absolute atomic E-state index is 11.3. The number of nitrogens with zero attached hydrogens (tertiary/aromatic N) is 2. The molecule has 0 radical (unpaired) electrons. The SMILES string of the molecule is Cc1nn(C)c(C)c1-c1cc(-c2cccc(CN)c2)cc2c(COc3ccccc3CC(=O)O)coc12. The highest BCUT2D eigenvalue weighted by Gasteiger charge is 2.20. The highest BCUT2D eigenvalue weighted by atomic mass is 16.5. The standard InChI is InChI=1S/C30H29N3O4/c1-18-29(19(2)33(3)32-18)26-13-23(21-9-6-7-20(11-21)15-31)12-25-24(17-37-30(25)26)16-36-27-10-5-4-8-22(27)14-28(34)35/h4-13,17H,14-16,31H2,1-3H3,(H,34,35). The lowest BCUT2D eigenvalue weighted by molar-refractivity contribution is -0.136. The molecule has 0 unspecified atom stereocenters. The Bertz CT molecular complexity index is 1610. The third-order valence-corrected chi connectivity index (χ3v) is 6.73. The van der Waals surface area contributed by atoms with Gasteiger partial charge < -0.3 is 20.0 Å². The number of aromatic nitrogens is 2. The Morgan fingerprint density at radius 3 is 2.59 bits per heavy atom. The van der Waals surface area contributed by atoms with Gasteiger partial charge in [0.2, 0.25) is 0 Å². The first kappa shape index (κ1) is 24.3. The number of fused-ring (bicyclic) bond motifs is 1. The summed E-state index contributed by atoms with van der Waals surface area (Å²) in [5.41, 5.74) is 15.3. The lowest BCUT2D eigenvalue weighted by atomic mass is 9.94. The fourth-order valence-corrected chi connectivity index (χ4v) is 4.80. The first-order valence-corrected chi connectivity index (χ1v) is 12.1. The summed E-state index contributed by atoms with van der Waals surface area (Å²) in [4.78, 5) is 11.3. The third-order valence-electron chi connectivity index (χ3n) is 6.73. The Morgan fingerprint density at radius 2 is 1.86 bits per heavy atom. The number of aryl methyl sites for hydroxylation is 2. The van der Waals surface area contributed by atoms with Crippen LogP contribution in [0, 0.1) is 13.8 Å². The summed E-state index contributed by atoms with van der Waals surface area (Å²) in [6.45, 7) is 4.75. The van der Waals surface area contributed by atoms with Gasteiger partial charge in [0.25, 0.3) is 0 Å². The van der Waals surface area contributed by atoms with Crippen molar-refractivity contribution in [3.63, 3.8) is 0 Å². The molecule has 0 spiro atoms. The topological polar surface area (TPSA) is 104 Å². The first-order valence-electron chi connectivity index (χ1n) is 12.1. The van der Waals surface area contributed by atoms with E-state index in [0.29, 0.717) is 17.9 Å². The van der Waals surface area contributed by atoms with Crippen molar-refractivity contribution in [2.24, 2.45) is 12.8 Å². The molecule has 3 aromatic carbocycles. The van der Waals surface area contributed by atoms with Crippen LogP contribution in [0.3, 0.4) is 0 Å². The number of carboxylic acid groups (broad SMARTS) is 1. The molecule has 2 aromatic heterocycles. The second kappa shape index (κ2) is 9.95. The predicted molar refractivity (Wildman–Crippen MR) is 143 cm³/mol. The number of ether oxygens (including phenoxy) is 1. The quantitative estimate of drug-likeness (QED) is 0.283. The minimum Gasteiger partial charge on any atom is -0.488 e. The van der Waals surface area contributed by atoms with E-state index in [1.165, 1.54) is 0 Å². The monoisotopic (exact) mass is 495 g/mol. The molecule has 3 N–H and O–H groups in total. The Morgan fingerprint density at radius 1 is 1.05 bits per heavy atom. The number of nitrogens with two attached hydrogens (primary N) is 1. The molecule has 0 aliphatic rings. The number of benzene rings is 3. The molecule has 0 aliphatic carbocycles. The zero-order valence-corrected chi connectivity index (χ0v) is 21.1. The predicted octanol–water partition coefficient (Wildman–Crippen LogP) is 5.78. The average Bonchev–Trinajstić information content (AvgIpc) is 3.41. The molecule has 188 valence electrons. The molecular formula is C30H29N3O4. The van der Waals surface area contributed by atoms with E-state index in [2.05, 4.69) is 36.3 Å². The molecule has 5 aromatic rings. The smallest absolute Gasteiger partial charge is 0.307 e. The van der Waals surface area contributed by atoms with E-state index in [1.54, 1.807) is 18.4 Å². The molecule has 0 bridgehead atoms. The maximum atomic E-state index is 11.3. The van der Waals surface area contributed by atoms with Crippen molar-refractivity contribution in [1.82, 2.24) is 9.78 Å². The van der Waals surface area contributed by atoms with Gasteiger partial charge in [-0.25, -0.2) is 0 Å². The Balaban J connectivity index is 1.63. The maximum Gasteiger partial charge on any atom is 0.307 e. The van der Waals surface area contributed by atoms with Crippen LogP contribution in [0.2, 0.25) is 0 Å². The van der Waals surface area contributed by atoms with Crippen molar-refractivity contribution >= 4 is 16.9 Å². The summed E-state index contributed by atoms with van der Waals surface area (Å²) in [5.74, 6) is -0.355. The summed E-state index contributed by atoms with van der Waals surface area (Å²) in [6.07, 6.45) is 1.61. The summed E-state index contributed by atoms with van der Waals surface area (Å²) in [7, 11) is 1.94. The average molecular weight is 496 g/mol. The van der Waals surface area contributed by atoms with E-state index in [9.17, 15) is 9.90 Å². The number of rotatable bonds is 8. The molecule has 0 atom stereocenters. The van der Waals surface area contributed by atoms with E-state index in [4.69, 9.17) is 14.9 Å². The van der Waals surface area contributed by atoms with Gasteiger partial charge in [0.05, 0.1) is 18.4 Å². The molecule has 37 heavy (non-hydrogen) atoms. The van der Waals surface area contributed by atoms with E-state index >= 15 is 0 Å². The highest BCUT2D eigenvalue weighted by Crippen LogP contribution is 2.39. The molecule has 0 fully saturated rings. The molecule has 7 nitrogen and oxygen atoms in total. The minimum absolute atomic E-state index is 0.104. The molecule has 2 heterocycles. The van der Waals surface area contributed by atoms with Gasteiger partial charge in [-0.15, -0.1) is 0 Å². The summed E-state index contributed by atoms with van der Waals surface area (Å²) in [5, 5.41) is 14.8. The first-order chi connectivity index (χ1) is 17.9. The number of para-hydroxylation sites is 1. The number of carboxylic acids is 1. The van der Waals surface area contributed by atoms with E-state index < -0.39 is 5.97 Å². The second-order valence-electron chi connectivity index (χ2n) is 9.20. The molecule has 7 heteroatoms. The molecule has 0 aliphatic heterocycles. The van der Waals surface area contributed by atoms with Gasteiger partial charge in [-0.1, -0.05) is 36.4 Å². The fourth-order valence-electron chi connectivity index (χ4n) is 4.80. The Kier molecular flexibility index (Phi) is 6.54. The zero-order valence-electron chi connectivity index (χ0n) is 21.1. The van der Waals surface area contributed by atoms with Crippen molar-refractivity contribution in [1.29, 1.82) is 0 Å². The van der Waals surface area contributed by atoms with Crippen LogP contribution in [0.25, 0.3) is 33.2 Å². The van der Waals surface area contributed by atoms with Crippen LogP contribution in [0.4, 0.5) is 0 Å². The van der Waals surface area contributed by atoms with Gasteiger partial charge in [0.1, 0.15) is 17.9 Å². The van der Waals surface area contributed by atoms with Crippen LogP contribution < -0.4 is 10.5 Å². The summed E-state index contributed by atoms with van der Waals surface area (Å²) in [6, 6.07) is 19.7. The van der Waals surface area contributed by atoms with Crippen LogP contribution in [-0.2, 0) is 31.4 Å². The number of furan rings is 1. The molecule has 0 saturated heterocycles. The van der Waals surface area contributed by atoms with Crippen LogP contribution in [0.15, 0.2) is 71.3 Å². The minimum atomic E-state index is -0.902. The summed E-state index contributed by atoms with van der Waals surface area (Å²) < 4.78 is 14.1. The molecular weight excluding hydrogens is 466 g/mol. The lowest BCUT2D eigenvalue weighted by Gasteiger charge is -2.11. The van der Waals surface area contributed by atoms with Gasteiger partial charge in [0, 0.05) is 46.9 Å². The van der Waals surface area contributed by atoms with Crippen LogP contribution in [-0.4, -0.2) is 20.9 Å². The van der Waals surface area contributed by atoms with Crippen LogP contribution >= 0.6 is 0 Å². The molecule has 5 rings (SSSR count). The van der Waals surface area contributed by atoms with Gasteiger partial charge in [-0.3, -0.25) is 9.48 Å². The van der Waals surface area contributed by atoms with Gasteiger partial charge >= 0.3 is 5.97 Å². The van der Waals surface area contributed by atoms with Gasteiger partial charge in [0.15, 0.2) is 0 Å². The number of hydrogen-bond acceptors (Lipinski definition) is 5. The lowest BCUT2D eigenvalue weighted by Crippen LogP contribution is -2.04. The van der Waals surface area contributed by atoms with Gasteiger partial charge in [-0.2, -0.15) is 5.10 Å². The molecule has 0 amide bonds. The van der Waals surface area contributed by atoms with Crippen molar-refractivity contribution in [3.8, 4) is 28.0 Å². The normalized spacial score (nSPS) is 11.2. The van der Waals surface area contributed by atoms with Crippen LogP contribution in [0.5, 0.6) is 5.75 Å². The van der Waals surface area contributed by atoms with Gasteiger partial charge in [-0.05, 0) is 54.8 Å². The van der Waals surface area contributed by atoms with Crippen LogP contribution in [0.1, 0.15) is 28.1 Å². The zero-order chi connectivity index (χ0) is 26.1. The fraction of sp³-hybridized carbons (Fsp3) is 0.200.